The molecule has 0 bridgehead atoms. The molecule has 0 radical (unpaired) electrons. The van der Waals surface area contributed by atoms with Crippen LogP contribution in [0.1, 0.15) is 45.1 Å². The van der Waals surface area contributed by atoms with Crippen LogP contribution in [0.3, 0.4) is 0 Å². The van der Waals surface area contributed by atoms with Crippen molar-refractivity contribution in [2.45, 2.75) is 39.2 Å². The first kappa shape index (κ1) is 17.2. The van der Waals surface area contributed by atoms with Gasteiger partial charge >= 0.3 is 0 Å². The molecule has 4 nitrogen and oxygen atoms in total. The van der Waals surface area contributed by atoms with Gasteiger partial charge in [0.2, 0.25) is 5.91 Å². The first-order valence-electron chi connectivity index (χ1n) is 8.70. The number of para-hydroxylation sites is 2. The van der Waals surface area contributed by atoms with Gasteiger partial charge in [-0.15, -0.1) is 0 Å². The molecule has 2 aromatic carbocycles. The van der Waals surface area contributed by atoms with E-state index in [2.05, 4.69) is 29.1 Å². The number of aromatic nitrogens is 2. The summed E-state index contributed by atoms with van der Waals surface area (Å²) in [7, 11) is 0. The van der Waals surface area contributed by atoms with Gasteiger partial charge in [-0.3, -0.25) is 4.79 Å². The molecule has 0 saturated heterocycles. The number of nitrogens with one attached hydrogen (secondary N) is 2. The van der Waals surface area contributed by atoms with E-state index in [9.17, 15) is 4.79 Å². The van der Waals surface area contributed by atoms with Crippen LogP contribution >= 0.6 is 0 Å². The maximum Gasteiger partial charge on any atom is 0.230 e. The van der Waals surface area contributed by atoms with Crippen LogP contribution in [0.4, 0.5) is 0 Å². The van der Waals surface area contributed by atoms with Gasteiger partial charge in [-0.2, -0.15) is 0 Å². The van der Waals surface area contributed by atoms with Gasteiger partial charge in [-0.05, 0) is 37.5 Å². The number of hydrogen-bond acceptors (Lipinski definition) is 2. The van der Waals surface area contributed by atoms with E-state index >= 15 is 0 Å². The number of hydrogen-bond donors (Lipinski definition) is 2. The second kappa shape index (κ2) is 6.71. The summed E-state index contributed by atoms with van der Waals surface area (Å²) in [5.41, 5.74) is 2.29. The highest BCUT2D eigenvalue weighted by Crippen LogP contribution is 2.27. The Bertz CT molecular complexity index is 832. The van der Waals surface area contributed by atoms with Crippen molar-refractivity contribution < 1.29 is 4.79 Å². The van der Waals surface area contributed by atoms with Crippen molar-refractivity contribution in [3.05, 3.63) is 66.0 Å². The van der Waals surface area contributed by atoms with Crippen molar-refractivity contribution >= 4 is 16.9 Å². The molecular weight excluding hydrogens is 310 g/mol. The number of nitrogens with zero attached hydrogens (tertiary/aromatic N) is 1. The van der Waals surface area contributed by atoms with Crippen LogP contribution in [0.25, 0.3) is 11.0 Å². The van der Waals surface area contributed by atoms with Crippen LogP contribution in [-0.2, 0) is 10.2 Å². The molecule has 4 heteroatoms. The number of carbonyl (C=O) groups is 1. The summed E-state index contributed by atoms with van der Waals surface area (Å²) < 4.78 is 0. The highest BCUT2D eigenvalue weighted by molar-refractivity contribution is 5.87. The lowest BCUT2D eigenvalue weighted by Gasteiger charge is -2.28. The monoisotopic (exact) mass is 335 g/mol. The summed E-state index contributed by atoms with van der Waals surface area (Å²) in [4.78, 5) is 21.0. The van der Waals surface area contributed by atoms with Gasteiger partial charge in [0.15, 0.2) is 0 Å². The third-order valence-electron chi connectivity index (χ3n) is 4.72. The lowest BCUT2D eigenvalue weighted by Crippen LogP contribution is -2.43. The molecule has 25 heavy (non-hydrogen) atoms. The lowest BCUT2D eigenvalue weighted by atomic mass is 9.83. The summed E-state index contributed by atoms with van der Waals surface area (Å²) in [6, 6.07) is 17.6. The van der Waals surface area contributed by atoms with E-state index in [1.54, 1.807) is 0 Å². The third kappa shape index (κ3) is 3.43. The standard InChI is InChI=1S/C21H25N3O/c1-14(2)18(19-22-16-12-8-9-13-17(16)23-19)24-20(25)21(3,4)15-10-6-5-7-11-15/h5-14,18H,1-4H3,(H,22,23)(H,24,25)/t18-/m1/s1. The fourth-order valence-electron chi connectivity index (χ4n) is 2.98. The van der Waals surface area contributed by atoms with E-state index in [-0.39, 0.29) is 17.9 Å². The molecule has 0 fully saturated rings. The Kier molecular flexibility index (Phi) is 4.62. The fourth-order valence-corrected chi connectivity index (χ4v) is 2.98. The minimum atomic E-state index is -0.611. The van der Waals surface area contributed by atoms with Gasteiger partial charge in [0.25, 0.3) is 0 Å². The molecule has 1 amide bonds. The predicted molar refractivity (Wildman–Crippen MR) is 101 cm³/mol. The molecular formula is C21H25N3O. The molecule has 2 N–H and O–H groups in total. The number of aromatic amines is 1. The molecule has 1 atom stereocenters. The van der Waals surface area contributed by atoms with E-state index in [0.717, 1.165) is 22.4 Å². The summed E-state index contributed by atoms with van der Waals surface area (Å²) in [6.45, 7) is 8.09. The average Bonchev–Trinajstić information content (AvgIpc) is 3.03. The minimum absolute atomic E-state index is 0.00199. The molecule has 0 aliphatic carbocycles. The van der Waals surface area contributed by atoms with Gasteiger partial charge in [0.05, 0.1) is 22.5 Å². The van der Waals surface area contributed by atoms with E-state index in [4.69, 9.17) is 0 Å². The number of fused-ring (bicyclic) bond motifs is 1. The van der Waals surface area contributed by atoms with E-state index < -0.39 is 5.41 Å². The number of benzene rings is 2. The normalized spacial score (nSPS) is 13.2. The first-order valence-corrected chi connectivity index (χ1v) is 8.70. The summed E-state index contributed by atoms with van der Waals surface area (Å²) in [5, 5.41) is 3.20. The summed E-state index contributed by atoms with van der Waals surface area (Å²) >= 11 is 0. The number of amides is 1. The Morgan fingerprint density at radius 3 is 2.32 bits per heavy atom. The first-order chi connectivity index (χ1) is 11.9. The molecule has 0 saturated carbocycles. The predicted octanol–water partition coefficient (Wildman–Crippen LogP) is 4.35. The quantitative estimate of drug-likeness (QED) is 0.728. The Hall–Kier alpha value is -2.62. The van der Waals surface area contributed by atoms with Crippen LogP contribution in [0.2, 0.25) is 0 Å². The van der Waals surface area contributed by atoms with Gasteiger partial charge in [0, 0.05) is 0 Å². The lowest BCUT2D eigenvalue weighted by molar-refractivity contribution is -0.126. The smallest absolute Gasteiger partial charge is 0.230 e. The summed E-state index contributed by atoms with van der Waals surface area (Å²) in [6.07, 6.45) is 0. The highest BCUT2D eigenvalue weighted by atomic mass is 16.2. The van der Waals surface area contributed by atoms with Gasteiger partial charge in [-0.25, -0.2) is 4.98 Å². The number of H-pyrrole nitrogens is 1. The number of imidazole rings is 1. The van der Waals surface area contributed by atoms with Crippen molar-refractivity contribution in [1.29, 1.82) is 0 Å². The summed E-state index contributed by atoms with van der Waals surface area (Å²) in [5.74, 6) is 1.02. The Labute approximate surface area is 148 Å². The van der Waals surface area contributed by atoms with E-state index in [1.165, 1.54) is 0 Å². The van der Waals surface area contributed by atoms with Gasteiger partial charge < -0.3 is 10.3 Å². The van der Waals surface area contributed by atoms with Crippen molar-refractivity contribution in [2.75, 3.05) is 0 Å². The Morgan fingerprint density at radius 2 is 1.68 bits per heavy atom. The van der Waals surface area contributed by atoms with E-state index in [0.29, 0.717) is 0 Å². The van der Waals surface area contributed by atoms with Crippen molar-refractivity contribution in [2.24, 2.45) is 5.92 Å². The average molecular weight is 335 g/mol. The second-order valence-corrected chi connectivity index (χ2v) is 7.33. The van der Waals surface area contributed by atoms with Crippen LogP contribution < -0.4 is 5.32 Å². The molecule has 3 rings (SSSR count). The molecule has 130 valence electrons. The zero-order valence-electron chi connectivity index (χ0n) is 15.2. The van der Waals surface area contributed by atoms with Crippen molar-refractivity contribution in [1.82, 2.24) is 15.3 Å². The van der Waals surface area contributed by atoms with E-state index in [1.807, 2.05) is 68.4 Å². The molecule has 0 aliphatic rings. The maximum atomic E-state index is 13.0. The SMILES string of the molecule is CC(C)[C@@H](NC(=O)C(C)(C)c1ccccc1)c1nc2ccccc2[nH]1. The van der Waals surface area contributed by atoms with Crippen LogP contribution in [0.5, 0.6) is 0 Å². The van der Waals surface area contributed by atoms with Crippen molar-refractivity contribution in [3.63, 3.8) is 0 Å². The highest BCUT2D eigenvalue weighted by Gasteiger charge is 2.33. The van der Waals surface area contributed by atoms with Crippen LogP contribution in [-0.4, -0.2) is 15.9 Å². The fraction of sp³-hybridized carbons (Fsp3) is 0.333. The molecule has 1 heterocycles. The molecule has 0 spiro atoms. The van der Waals surface area contributed by atoms with Crippen LogP contribution in [0.15, 0.2) is 54.6 Å². The van der Waals surface area contributed by atoms with Crippen molar-refractivity contribution in [3.8, 4) is 0 Å². The largest absolute Gasteiger partial charge is 0.345 e. The topological polar surface area (TPSA) is 57.8 Å². The van der Waals surface area contributed by atoms with Gasteiger partial charge in [-0.1, -0.05) is 56.3 Å². The maximum absolute atomic E-state index is 13.0. The molecule has 0 aliphatic heterocycles. The number of rotatable bonds is 5. The Balaban J connectivity index is 1.88. The zero-order valence-corrected chi connectivity index (χ0v) is 15.2. The second-order valence-electron chi connectivity index (χ2n) is 7.33. The Morgan fingerprint density at radius 1 is 1.04 bits per heavy atom. The van der Waals surface area contributed by atoms with Crippen LogP contribution in [0, 0.1) is 5.92 Å². The number of carbonyl (C=O) groups excluding carboxylic acids is 1. The third-order valence-corrected chi connectivity index (χ3v) is 4.72. The molecule has 1 aromatic heterocycles. The molecule has 3 aromatic rings. The zero-order chi connectivity index (χ0) is 18.0. The molecule has 0 unspecified atom stereocenters. The minimum Gasteiger partial charge on any atom is -0.345 e. The van der Waals surface area contributed by atoms with Gasteiger partial charge in [0.1, 0.15) is 5.82 Å².